The molecule has 0 unspecified atom stereocenters. The quantitative estimate of drug-likeness (QED) is 0.332. The van der Waals surface area contributed by atoms with Crippen molar-refractivity contribution in [2.45, 2.75) is 74.1 Å². The van der Waals surface area contributed by atoms with Gasteiger partial charge in [0.15, 0.2) is 0 Å². The van der Waals surface area contributed by atoms with Gasteiger partial charge in [-0.05, 0) is 0 Å². The average molecular weight is 742 g/mol. The molecule has 0 fully saturated rings. The van der Waals surface area contributed by atoms with Crippen LogP contribution in [0.3, 0.4) is 0 Å². The first-order valence-electron chi connectivity index (χ1n) is 8.38. The largest absolute Gasteiger partial charge is 3.00 e. The van der Waals surface area contributed by atoms with Gasteiger partial charge in [-0.3, -0.25) is 0 Å². The second-order valence-corrected chi connectivity index (χ2v) is 6.97. The minimum atomic E-state index is -5.97. The third kappa shape index (κ3) is 9.01. The van der Waals surface area contributed by atoms with Crippen molar-refractivity contribution < 1.29 is 109 Å². The zero-order valence-corrected chi connectivity index (χ0v) is 22.1. The summed E-state index contributed by atoms with van der Waals surface area (Å²) in [6.07, 6.45) is 0. The summed E-state index contributed by atoms with van der Waals surface area (Å²) in [7, 11) is 0. The Morgan fingerprint density at radius 3 is 0.500 bits per heavy atom. The number of halogens is 18. The van der Waals surface area contributed by atoms with E-state index in [-0.39, 0.29) is 25.8 Å². The summed E-state index contributed by atoms with van der Waals surface area (Å²) in [5.41, 5.74) is 0. The Morgan fingerprint density at radius 2 is 0.475 bits per heavy atom. The van der Waals surface area contributed by atoms with Crippen molar-refractivity contribution in [3.05, 3.63) is 0 Å². The number of carboxylic acids is 3. The van der Waals surface area contributed by atoms with E-state index in [0.717, 1.165) is 0 Å². The van der Waals surface area contributed by atoms with Gasteiger partial charge < -0.3 is 29.7 Å². The van der Waals surface area contributed by atoms with E-state index in [1.807, 2.05) is 0 Å². The minimum absolute atomic E-state index is 0. The van der Waals surface area contributed by atoms with Crippen LogP contribution in [0.25, 0.3) is 0 Å². The summed E-state index contributed by atoms with van der Waals surface area (Å²) >= 11 is 0. The molecule has 0 N–H and O–H groups in total. The van der Waals surface area contributed by atoms with Gasteiger partial charge in [-0.25, -0.2) is 0 Å². The molecule has 40 heavy (non-hydrogen) atoms. The van der Waals surface area contributed by atoms with Crippen LogP contribution in [0.1, 0.15) is 20.8 Å². The maximum atomic E-state index is 12.0. The fourth-order valence-electron chi connectivity index (χ4n) is 1.21. The van der Waals surface area contributed by atoms with Crippen molar-refractivity contribution in [1.82, 2.24) is 0 Å². The minimum Gasteiger partial charge on any atom is -0.544 e. The summed E-state index contributed by atoms with van der Waals surface area (Å²) in [4.78, 5) is 28.3. The van der Waals surface area contributed by atoms with Crippen LogP contribution in [0, 0.1) is 0 Å². The van der Waals surface area contributed by atoms with E-state index in [4.69, 9.17) is 0 Å². The molecular formula is C15H9F18InO6. The zero-order valence-electron chi connectivity index (χ0n) is 18.8. The van der Waals surface area contributed by atoms with Crippen LogP contribution < -0.4 is 15.3 Å². The van der Waals surface area contributed by atoms with Crippen LogP contribution in [0.15, 0.2) is 0 Å². The van der Waals surface area contributed by atoms with Gasteiger partial charge in [-0.2, -0.15) is 79.0 Å². The Labute approximate surface area is 227 Å². The molecule has 0 bridgehead atoms. The van der Waals surface area contributed by atoms with Crippen LogP contribution in [0.2, 0.25) is 0 Å². The van der Waals surface area contributed by atoms with Crippen molar-refractivity contribution in [1.29, 1.82) is 0 Å². The number of aliphatic carboxylic acids is 3. The summed E-state index contributed by atoms with van der Waals surface area (Å²) in [5.74, 6) is -61.7. The molecule has 6 nitrogen and oxygen atoms in total. The first kappa shape index (κ1) is 45.0. The fourth-order valence-corrected chi connectivity index (χ4v) is 1.21. The molecule has 0 aliphatic heterocycles. The van der Waals surface area contributed by atoms with E-state index in [0.29, 0.717) is 0 Å². The molecule has 0 spiro atoms. The van der Waals surface area contributed by atoms with Gasteiger partial charge in [-0.15, -0.1) is 0 Å². The standard InChI is InChI=1S/3C5H4F6O2.In/c3*1-3(6,7)5(10,11)4(8,9)2(12)13;/h3*1H3,(H,12,13);/q;;;+3/p-3. The number of alkyl halides is 18. The van der Waals surface area contributed by atoms with Crippen molar-refractivity contribution in [3.63, 3.8) is 0 Å². The number of rotatable bonds is 9. The third-order valence-corrected chi connectivity index (χ3v) is 3.61. The molecule has 0 aromatic heterocycles. The molecule has 0 atom stereocenters. The molecule has 0 aliphatic rings. The van der Waals surface area contributed by atoms with E-state index in [1.165, 1.54) is 0 Å². The second-order valence-electron chi connectivity index (χ2n) is 6.97. The smallest absolute Gasteiger partial charge is 0.544 e. The molecule has 0 aromatic rings. The van der Waals surface area contributed by atoms with Gasteiger partial charge in [0.2, 0.25) is 0 Å². The first-order valence-corrected chi connectivity index (χ1v) is 8.38. The third-order valence-electron chi connectivity index (χ3n) is 3.61. The van der Waals surface area contributed by atoms with E-state index < -0.39 is 92.0 Å². The van der Waals surface area contributed by atoms with Crippen LogP contribution in [0.5, 0.6) is 0 Å². The van der Waals surface area contributed by atoms with Crippen LogP contribution in [0.4, 0.5) is 79.0 Å². The van der Waals surface area contributed by atoms with Crippen molar-refractivity contribution in [3.8, 4) is 0 Å². The summed E-state index contributed by atoms with van der Waals surface area (Å²) in [6.45, 7) is -1.53. The van der Waals surface area contributed by atoms with E-state index >= 15 is 0 Å². The molecule has 0 radical (unpaired) electrons. The topological polar surface area (TPSA) is 120 Å². The van der Waals surface area contributed by atoms with Gasteiger partial charge in [-0.1, -0.05) is 0 Å². The number of carbonyl (C=O) groups excluding carboxylic acids is 3. The molecule has 0 heterocycles. The Morgan fingerprint density at radius 1 is 0.375 bits per heavy atom. The Bertz CT molecular complexity index is 774. The van der Waals surface area contributed by atoms with Crippen LogP contribution in [-0.2, 0) is 14.4 Å². The van der Waals surface area contributed by atoms with Crippen LogP contribution in [-0.4, -0.2) is 97.1 Å². The Hall–Kier alpha value is -1.98. The number of hydrogen-bond donors (Lipinski definition) is 0. The van der Waals surface area contributed by atoms with Gasteiger partial charge in [0.1, 0.15) is 17.9 Å². The maximum absolute atomic E-state index is 12.0. The number of carbonyl (C=O) groups is 3. The fraction of sp³-hybridized carbons (Fsp3) is 0.800. The van der Waals surface area contributed by atoms with Crippen molar-refractivity contribution in [2.75, 3.05) is 0 Å². The maximum Gasteiger partial charge on any atom is 3.00 e. The van der Waals surface area contributed by atoms with E-state index in [2.05, 4.69) is 0 Å². The molecule has 0 aliphatic carbocycles. The molecule has 0 rings (SSSR count). The van der Waals surface area contributed by atoms with Crippen molar-refractivity contribution >= 4 is 43.8 Å². The Kier molecular flexibility index (Phi) is 14.5. The molecule has 0 aromatic carbocycles. The average Bonchev–Trinajstić information content (AvgIpc) is 2.65. The van der Waals surface area contributed by atoms with Gasteiger partial charge in [0, 0.05) is 20.8 Å². The predicted molar refractivity (Wildman–Crippen MR) is 82.3 cm³/mol. The molecule has 0 amide bonds. The summed E-state index contributed by atoms with van der Waals surface area (Å²) in [5, 5.41) is 28.3. The SMILES string of the molecule is CC(F)(F)C(F)(F)C(F)(F)C(=O)[O-].CC(F)(F)C(F)(F)C(F)(F)C(=O)[O-].CC(F)(F)C(F)(F)C(F)(F)C(=O)[O-].[In+3]. The Balaban J connectivity index is -0.000000240. The summed E-state index contributed by atoms with van der Waals surface area (Å²) < 4.78 is 215. The molecule has 234 valence electrons. The summed E-state index contributed by atoms with van der Waals surface area (Å²) in [6, 6.07) is 0. The first-order chi connectivity index (χ1) is 16.3. The molecular weight excluding hydrogens is 733 g/mol. The molecule has 0 saturated carbocycles. The van der Waals surface area contributed by atoms with E-state index in [9.17, 15) is 109 Å². The van der Waals surface area contributed by atoms with E-state index in [1.54, 1.807) is 0 Å². The van der Waals surface area contributed by atoms with Gasteiger partial charge in [0.05, 0.1) is 0 Å². The second kappa shape index (κ2) is 12.9. The zero-order chi connectivity index (χ0) is 33.2. The van der Waals surface area contributed by atoms with Gasteiger partial charge >= 0.3 is 79.1 Å². The van der Waals surface area contributed by atoms with Crippen molar-refractivity contribution in [2.24, 2.45) is 0 Å². The monoisotopic (exact) mass is 742 g/mol. The normalized spacial score (nSPS) is 14.0. The number of hydrogen-bond acceptors (Lipinski definition) is 6. The van der Waals surface area contributed by atoms with Gasteiger partial charge in [0.25, 0.3) is 0 Å². The predicted octanol–water partition coefficient (Wildman–Crippen LogP) is 1.61. The molecule has 0 saturated heterocycles. The molecule has 25 heteroatoms. The van der Waals surface area contributed by atoms with Crippen LogP contribution >= 0.6 is 0 Å². The number of carboxylic acid groups (broad SMARTS) is 3.